The Balaban J connectivity index is 2.13. The molecule has 1 amide bonds. The van der Waals surface area contributed by atoms with Gasteiger partial charge >= 0.3 is 5.97 Å². The molecule has 22 heavy (non-hydrogen) atoms. The van der Waals surface area contributed by atoms with E-state index in [1.54, 1.807) is 12.1 Å². The molecule has 0 aromatic heterocycles. The second kappa shape index (κ2) is 7.74. The highest BCUT2D eigenvalue weighted by atomic mass is 79.9. The number of carbonyl (C=O) groups is 2. The van der Waals surface area contributed by atoms with Crippen molar-refractivity contribution in [1.82, 2.24) is 0 Å². The zero-order valence-corrected chi connectivity index (χ0v) is 14.9. The van der Waals surface area contributed by atoms with Crippen LogP contribution in [0.2, 0.25) is 0 Å². The Morgan fingerprint density at radius 2 is 1.73 bits per heavy atom. The van der Waals surface area contributed by atoms with Crippen molar-refractivity contribution in [1.29, 1.82) is 0 Å². The molecule has 6 heteroatoms. The van der Waals surface area contributed by atoms with Crippen LogP contribution in [0.15, 0.2) is 52.1 Å². The van der Waals surface area contributed by atoms with Gasteiger partial charge in [-0.05, 0) is 31.0 Å². The molecule has 0 fully saturated rings. The number of amides is 1. The average molecular weight is 429 g/mol. The maximum atomic E-state index is 12.5. The van der Waals surface area contributed by atoms with E-state index in [1.807, 2.05) is 18.2 Å². The second-order valence-electron chi connectivity index (χ2n) is 4.91. The van der Waals surface area contributed by atoms with E-state index in [0.29, 0.717) is 18.5 Å². The fraction of sp³-hybridized carbons (Fsp3) is 0.250. The minimum absolute atomic E-state index is 0.194. The van der Waals surface area contributed by atoms with Gasteiger partial charge in [-0.2, -0.15) is 0 Å². The molecule has 2 rings (SSSR count). The van der Waals surface area contributed by atoms with Crippen molar-refractivity contribution >= 4 is 49.4 Å². The first-order valence-electron chi connectivity index (χ1n) is 6.74. The lowest BCUT2D eigenvalue weighted by molar-refractivity contribution is -0.147. The average Bonchev–Trinajstić information content (AvgIpc) is 2.46. The highest BCUT2D eigenvalue weighted by molar-refractivity contribution is 9.11. The number of nitrogens with one attached hydrogen (secondary N) is 1. The summed E-state index contributed by atoms with van der Waals surface area (Å²) in [6.45, 7) is 3.38. The molecule has 0 saturated carbocycles. The van der Waals surface area contributed by atoms with Gasteiger partial charge < -0.3 is 10.1 Å². The van der Waals surface area contributed by atoms with Crippen LogP contribution in [0.25, 0.3) is 0 Å². The summed E-state index contributed by atoms with van der Waals surface area (Å²) in [6.07, 6.45) is 5.92. The van der Waals surface area contributed by atoms with Gasteiger partial charge in [0.25, 0.3) is 0 Å². The standard InChI is InChI=1S/C16H15Br2NO3/c1-2-22-16(21)14-6-4-3-5-13(14)15(20)19-12-8-10(17)7-11(18)9-12/h2-4,7-9,13-14H,1,5-6H2,(H,19,20)/t13-,14+/m0/s1. The highest BCUT2D eigenvalue weighted by Gasteiger charge is 2.35. The molecule has 0 saturated heterocycles. The van der Waals surface area contributed by atoms with Crippen LogP contribution in [-0.2, 0) is 14.3 Å². The maximum Gasteiger partial charge on any atom is 0.314 e. The molecule has 0 bridgehead atoms. The maximum absolute atomic E-state index is 12.5. The summed E-state index contributed by atoms with van der Waals surface area (Å²) in [6, 6.07) is 5.49. The summed E-state index contributed by atoms with van der Waals surface area (Å²) in [7, 11) is 0. The third-order valence-electron chi connectivity index (χ3n) is 3.40. The third kappa shape index (κ3) is 4.30. The van der Waals surface area contributed by atoms with E-state index in [9.17, 15) is 9.59 Å². The Hall–Kier alpha value is -1.40. The monoisotopic (exact) mass is 427 g/mol. The number of carbonyl (C=O) groups excluding carboxylic acids is 2. The van der Waals surface area contributed by atoms with Crippen LogP contribution in [0.4, 0.5) is 5.69 Å². The predicted octanol–water partition coefficient (Wildman–Crippen LogP) is 4.42. The molecule has 1 aromatic carbocycles. The zero-order chi connectivity index (χ0) is 16.1. The number of esters is 1. The van der Waals surface area contributed by atoms with E-state index in [2.05, 4.69) is 43.8 Å². The number of allylic oxidation sites excluding steroid dienone is 2. The Kier molecular flexibility index (Phi) is 5.97. The van der Waals surface area contributed by atoms with E-state index < -0.39 is 17.8 Å². The quantitative estimate of drug-likeness (QED) is 0.438. The molecular weight excluding hydrogens is 414 g/mol. The minimum atomic E-state index is -0.487. The number of hydrogen-bond acceptors (Lipinski definition) is 3. The van der Waals surface area contributed by atoms with Crippen LogP contribution in [0, 0.1) is 11.8 Å². The normalized spacial score (nSPS) is 20.3. The Labute approximate surface area is 145 Å². The van der Waals surface area contributed by atoms with Crippen molar-refractivity contribution in [3.05, 3.63) is 52.1 Å². The van der Waals surface area contributed by atoms with Crippen molar-refractivity contribution in [3.8, 4) is 0 Å². The minimum Gasteiger partial charge on any atom is -0.435 e. The largest absolute Gasteiger partial charge is 0.435 e. The van der Waals surface area contributed by atoms with E-state index in [-0.39, 0.29) is 5.91 Å². The number of hydrogen-bond donors (Lipinski definition) is 1. The Bertz CT molecular complexity index is 608. The SMILES string of the molecule is C=COC(=O)[C@@H]1CC=CC[C@@H]1C(=O)Nc1cc(Br)cc(Br)c1. The van der Waals surface area contributed by atoms with Crippen molar-refractivity contribution in [2.24, 2.45) is 11.8 Å². The molecule has 0 radical (unpaired) electrons. The molecule has 0 aliphatic heterocycles. The van der Waals surface area contributed by atoms with Crippen LogP contribution in [0.3, 0.4) is 0 Å². The van der Waals surface area contributed by atoms with Crippen molar-refractivity contribution in [2.75, 3.05) is 5.32 Å². The number of rotatable bonds is 4. The van der Waals surface area contributed by atoms with Gasteiger partial charge in [0.05, 0.1) is 18.1 Å². The molecule has 116 valence electrons. The summed E-state index contributed by atoms with van der Waals surface area (Å²) in [5, 5.41) is 2.85. The molecular formula is C16H15Br2NO3. The summed E-state index contributed by atoms with van der Waals surface area (Å²) in [5.41, 5.74) is 0.664. The van der Waals surface area contributed by atoms with Gasteiger partial charge in [-0.15, -0.1) is 0 Å². The van der Waals surface area contributed by atoms with E-state index >= 15 is 0 Å². The molecule has 1 aliphatic carbocycles. The van der Waals surface area contributed by atoms with Gasteiger partial charge in [-0.1, -0.05) is 50.6 Å². The molecule has 1 N–H and O–H groups in total. The highest BCUT2D eigenvalue weighted by Crippen LogP contribution is 2.29. The molecule has 0 spiro atoms. The number of ether oxygens (including phenoxy) is 1. The van der Waals surface area contributed by atoms with Crippen molar-refractivity contribution in [3.63, 3.8) is 0 Å². The van der Waals surface area contributed by atoms with Crippen LogP contribution < -0.4 is 5.32 Å². The molecule has 0 heterocycles. The van der Waals surface area contributed by atoms with E-state index in [0.717, 1.165) is 15.2 Å². The Morgan fingerprint density at radius 1 is 1.14 bits per heavy atom. The van der Waals surface area contributed by atoms with Gasteiger partial charge in [0.15, 0.2) is 0 Å². The van der Waals surface area contributed by atoms with Crippen molar-refractivity contribution < 1.29 is 14.3 Å². The topological polar surface area (TPSA) is 55.4 Å². The first kappa shape index (κ1) is 17.0. The molecule has 0 unspecified atom stereocenters. The lowest BCUT2D eigenvalue weighted by Crippen LogP contribution is -2.35. The first-order valence-corrected chi connectivity index (χ1v) is 8.33. The van der Waals surface area contributed by atoms with Gasteiger partial charge in [0.2, 0.25) is 5.91 Å². The predicted molar refractivity (Wildman–Crippen MR) is 92.1 cm³/mol. The first-order chi connectivity index (χ1) is 10.5. The van der Waals surface area contributed by atoms with Gasteiger partial charge in [-0.25, -0.2) is 0 Å². The fourth-order valence-corrected chi connectivity index (χ4v) is 3.69. The summed E-state index contributed by atoms with van der Waals surface area (Å²) < 4.78 is 6.55. The Morgan fingerprint density at radius 3 is 2.32 bits per heavy atom. The van der Waals surface area contributed by atoms with E-state index in [4.69, 9.17) is 4.74 Å². The summed E-state index contributed by atoms with van der Waals surface area (Å²) in [4.78, 5) is 24.5. The smallest absolute Gasteiger partial charge is 0.314 e. The van der Waals surface area contributed by atoms with Crippen molar-refractivity contribution in [2.45, 2.75) is 12.8 Å². The van der Waals surface area contributed by atoms with Crippen LogP contribution in [0.5, 0.6) is 0 Å². The lowest BCUT2D eigenvalue weighted by Gasteiger charge is -2.25. The molecule has 4 nitrogen and oxygen atoms in total. The second-order valence-corrected chi connectivity index (χ2v) is 6.74. The molecule has 1 aromatic rings. The zero-order valence-electron chi connectivity index (χ0n) is 11.7. The molecule has 1 aliphatic rings. The number of anilines is 1. The lowest BCUT2D eigenvalue weighted by atomic mass is 9.82. The fourth-order valence-electron chi connectivity index (χ4n) is 2.39. The van der Waals surface area contributed by atoms with Gasteiger partial charge in [0, 0.05) is 14.6 Å². The summed E-state index contributed by atoms with van der Waals surface area (Å²) >= 11 is 6.75. The third-order valence-corrected chi connectivity index (χ3v) is 4.32. The van der Waals surface area contributed by atoms with Gasteiger partial charge in [-0.3, -0.25) is 9.59 Å². The van der Waals surface area contributed by atoms with Crippen LogP contribution >= 0.6 is 31.9 Å². The van der Waals surface area contributed by atoms with Crippen LogP contribution in [-0.4, -0.2) is 11.9 Å². The van der Waals surface area contributed by atoms with E-state index in [1.165, 1.54) is 0 Å². The number of benzene rings is 1. The molecule has 2 atom stereocenters. The summed E-state index contributed by atoms with van der Waals surface area (Å²) in [5.74, 6) is -1.55. The number of halogens is 2. The van der Waals surface area contributed by atoms with Gasteiger partial charge in [0.1, 0.15) is 0 Å². The van der Waals surface area contributed by atoms with Crippen LogP contribution in [0.1, 0.15) is 12.8 Å².